The zero-order valence-electron chi connectivity index (χ0n) is 15.2. The van der Waals surface area contributed by atoms with Gasteiger partial charge in [0.05, 0.1) is 12.8 Å². The third kappa shape index (κ3) is 4.74. The molecule has 0 radical (unpaired) electrons. The summed E-state index contributed by atoms with van der Waals surface area (Å²) in [6.07, 6.45) is 0. The Labute approximate surface area is 162 Å². The molecule has 6 nitrogen and oxygen atoms in total. The topological polar surface area (TPSA) is 76.1 Å². The van der Waals surface area contributed by atoms with Crippen molar-refractivity contribution in [1.82, 2.24) is 9.97 Å². The second-order valence-corrected chi connectivity index (χ2v) is 6.44. The summed E-state index contributed by atoms with van der Waals surface area (Å²) in [4.78, 5) is 21.2. The lowest BCUT2D eigenvalue weighted by molar-refractivity contribution is 0.102. The van der Waals surface area contributed by atoms with Crippen LogP contribution < -0.4 is 15.4 Å². The average Bonchev–Trinajstić information content (AvgIpc) is 2.63. The number of nitrogens with zero attached hydrogens (tertiary/aromatic N) is 2. The van der Waals surface area contributed by atoms with Crippen molar-refractivity contribution in [3.63, 3.8) is 0 Å². The molecule has 1 amide bonds. The molecule has 0 aliphatic heterocycles. The van der Waals surface area contributed by atoms with Crippen molar-refractivity contribution in [1.29, 1.82) is 0 Å². The molecule has 0 bridgehead atoms. The van der Waals surface area contributed by atoms with Gasteiger partial charge in [0.15, 0.2) is 0 Å². The van der Waals surface area contributed by atoms with Crippen LogP contribution in [0.25, 0.3) is 0 Å². The van der Waals surface area contributed by atoms with E-state index >= 15 is 0 Å². The Hall–Kier alpha value is -3.12. The maximum Gasteiger partial charge on any atom is 0.274 e. The molecule has 138 valence electrons. The molecule has 2 N–H and O–H groups in total. The van der Waals surface area contributed by atoms with Crippen LogP contribution in [-0.4, -0.2) is 23.0 Å². The Morgan fingerprint density at radius 2 is 1.78 bits per heavy atom. The second kappa shape index (κ2) is 8.05. The van der Waals surface area contributed by atoms with Crippen molar-refractivity contribution >= 4 is 34.8 Å². The zero-order valence-corrected chi connectivity index (χ0v) is 16.0. The van der Waals surface area contributed by atoms with E-state index in [0.717, 1.165) is 5.56 Å². The summed E-state index contributed by atoms with van der Waals surface area (Å²) >= 11 is 6.05. The fraction of sp³-hybridized carbons (Fsp3) is 0.150. The van der Waals surface area contributed by atoms with Gasteiger partial charge in [-0.3, -0.25) is 4.79 Å². The number of methoxy groups -OCH3 is 1. The van der Waals surface area contributed by atoms with Gasteiger partial charge in [-0.1, -0.05) is 29.3 Å². The van der Waals surface area contributed by atoms with Gasteiger partial charge < -0.3 is 15.4 Å². The first-order valence-corrected chi connectivity index (χ1v) is 8.66. The summed E-state index contributed by atoms with van der Waals surface area (Å²) < 4.78 is 5.31. The van der Waals surface area contributed by atoms with Crippen LogP contribution in [0, 0.1) is 13.8 Å². The van der Waals surface area contributed by atoms with Gasteiger partial charge >= 0.3 is 0 Å². The van der Waals surface area contributed by atoms with Crippen LogP contribution in [0.3, 0.4) is 0 Å². The number of carbonyl (C=O) groups is 1. The molecule has 0 aliphatic rings. The lowest BCUT2D eigenvalue weighted by Gasteiger charge is -2.12. The number of benzene rings is 2. The van der Waals surface area contributed by atoms with E-state index in [4.69, 9.17) is 16.3 Å². The molecule has 0 saturated carbocycles. The molecular weight excluding hydrogens is 364 g/mol. The summed E-state index contributed by atoms with van der Waals surface area (Å²) in [7, 11) is 1.56. The Balaban J connectivity index is 1.85. The van der Waals surface area contributed by atoms with Crippen LogP contribution in [0.4, 0.5) is 17.3 Å². The third-order valence-corrected chi connectivity index (χ3v) is 4.04. The molecular formula is C20H19ClN4O2. The highest BCUT2D eigenvalue weighted by Gasteiger charge is 2.13. The van der Waals surface area contributed by atoms with Crippen LogP contribution in [0.5, 0.6) is 5.75 Å². The first kappa shape index (κ1) is 18.7. The number of nitrogens with one attached hydrogen (secondary N) is 2. The molecule has 0 saturated heterocycles. The van der Waals surface area contributed by atoms with Crippen LogP contribution in [0.2, 0.25) is 5.02 Å². The Morgan fingerprint density at radius 3 is 2.48 bits per heavy atom. The lowest BCUT2D eigenvalue weighted by Crippen LogP contribution is -2.15. The zero-order chi connectivity index (χ0) is 19.4. The summed E-state index contributed by atoms with van der Waals surface area (Å²) in [6.45, 7) is 3.78. The van der Waals surface area contributed by atoms with Crippen molar-refractivity contribution < 1.29 is 9.53 Å². The van der Waals surface area contributed by atoms with Crippen molar-refractivity contribution in [2.75, 3.05) is 17.7 Å². The van der Waals surface area contributed by atoms with E-state index in [2.05, 4.69) is 20.6 Å². The molecule has 7 heteroatoms. The van der Waals surface area contributed by atoms with Crippen LogP contribution in [-0.2, 0) is 0 Å². The first-order chi connectivity index (χ1) is 12.9. The third-order valence-electron chi connectivity index (χ3n) is 3.80. The minimum atomic E-state index is -0.314. The van der Waals surface area contributed by atoms with Gasteiger partial charge in [-0.25, -0.2) is 9.97 Å². The van der Waals surface area contributed by atoms with Crippen LogP contribution in [0.1, 0.15) is 21.7 Å². The van der Waals surface area contributed by atoms with E-state index in [0.29, 0.717) is 27.8 Å². The minimum Gasteiger partial charge on any atom is -0.495 e. The lowest BCUT2D eigenvalue weighted by atomic mass is 10.2. The SMILES string of the molecule is COc1ccc(Cl)cc1Nc1nc(C)cc(C(=O)Nc2ccc(C)cc2)n1. The number of carbonyl (C=O) groups excluding carboxylic acids is 1. The molecule has 27 heavy (non-hydrogen) atoms. The number of halogens is 1. The van der Waals surface area contributed by atoms with Crippen molar-refractivity contribution in [2.24, 2.45) is 0 Å². The number of aromatic nitrogens is 2. The predicted octanol–water partition coefficient (Wildman–Crippen LogP) is 4.75. The molecule has 0 spiro atoms. The van der Waals surface area contributed by atoms with Gasteiger partial charge in [-0.2, -0.15) is 0 Å². The van der Waals surface area contributed by atoms with Gasteiger partial charge in [-0.15, -0.1) is 0 Å². The average molecular weight is 383 g/mol. The highest BCUT2D eigenvalue weighted by molar-refractivity contribution is 6.31. The van der Waals surface area contributed by atoms with Gasteiger partial charge in [0.1, 0.15) is 11.4 Å². The summed E-state index contributed by atoms with van der Waals surface area (Å²) in [5, 5.41) is 6.44. The molecule has 2 aromatic carbocycles. The number of rotatable bonds is 5. The molecule has 0 fully saturated rings. The fourth-order valence-electron chi connectivity index (χ4n) is 2.47. The maximum atomic E-state index is 12.6. The number of hydrogen-bond acceptors (Lipinski definition) is 5. The molecule has 1 aromatic heterocycles. The fourth-order valence-corrected chi connectivity index (χ4v) is 2.64. The van der Waals surface area contributed by atoms with Gasteiger partial charge in [0, 0.05) is 16.4 Å². The monoisotopic (exact) mass is 382 g/mol. The van der Waals surface area contributed by atoms with Crippen molar-refractivity contribution in [3.05, 3.63) is 70.5 Å². The number of anilines is 3. The predicted molar refractivity (Wildman–Crippen MR) is 107 cm³/mol. The first-order valence-electron chi connectivity index (χ1n) is 8.29. The Bertz CT molecular complexity index is 974. The summed E-state index contributed by atoms with van der Waals surface area (Å²) in [5.41, 5.74) is 3.34. The van der Waals surface area contributed by atoms with E-state index in [-0.39, 0.29) is 17.5 Å². The molecule has 0 aliphatic carbocycles. The van der Waals surface area contributed by atoms with E-state index in [1.165, 1.54) is 0 Å². The van der Waals surface area contributed by atoms with E-state index in [9.17, 15) is 4.79 Å². The molecule has 0 atom stereocenters. The number of hydrogen-bond donors (Lipinski definition) is 2. The number of aryl methyl sites for hydroxylation is 2. The van der Waals surface area contributed by atoms with Crippen LogP contribution in [0.15, 0.2) is 48.5 Å². The quantitative estimate of drug-likeness (QED) is 0.665. The maximum absolute atomic E-state index is 12.6. The standard InChI is InChI=1S/C20H19ClN4O2/c1-12-4-7-15(8-5-12)23-19(26)17-10-13(2)22-20(25-17)24-16-11-14(21)6-9-18(16)27-3/h4-11H,1-3H3,(H,23,26)(H,22,24,25). The van der Waals surface area contributed by atoms with Gasteiger partial charge in [0.25, 0.3) is 5.91 Å². The highest BCUT2D eigenvalue weighted by atomic mass is 35.5. The smallest absolute Gasteiger partial charge is 0.274 e. The largest absolute Gasteiger partial charge is 0.495 e. The molecule has 0 unspecified atom stereocenters. The van der Waals surface area contributed by atoms with Gasteiger partial charge in [-0.05, 0) is 50.2 Å². The minimum absolute atomic E-state index is 0.256. The normalized spacial score (nSPS) is 10.4. The summed E-state index contributed by atoms with van der Waals surface area (Å²) in [5.74, 6) is 0.560. The van der Waals surface area contributed by atoms with E-state index < -0.39 is 0 Å². The summed E-state index contributed by atoms with van der Waals surface area (Å²) in [6, 6.07) is 14.4. The van der Waals surface area contributed by atoms with Crippen LogP contribution >= 0.6 is 11.6 Å². The van der Waals surface area contributed by atoms with Gasteiger partial charge in [0.2, 0.25) is 5.95 Å². The van der Waals surface area contributed by atoms with Crippen molar-refractivity contribution in [3.8, 4) is 5.75 Å². The molecule has 3 aromatic rings. The molecule has 3 rings (SSSR count). The number of amides is 1. The molecule has 1 heterocycles. The Kier molecular flexibility index (Phi) is 5.57. The highest BCUT2D eigenvalue weighted by Crippen LogP contribution is 2.29. The van der Waals surface area contributed by atoms with E-state index in [1.54, 1.807) is 38.3 Å². The van der Waals surface area contributed by atoms with E-state index in [1.807, 2.05) is 31.2 Å². The number of ether oxygens (including phenoxy) is 1. The second-order valence-electron chi connectivity index (χ2n) is 6.01. The van der Waals surface area contributed by atoms with Crippen molar-refractivity contribution in [2.45, 2.75) is 13.8 Å². The Morgan fingerprint density at radius 1 is 1.04 bits per heavy atom.